The summed E-state index contributed by atoms with van der Waals surface area (Å²) in [6.45, 7) is 17.1. The largest absolute Gasteiger partial charge is 0.462 e. The van der Waals surface area contributed by atoms with Crippen LogP contribution in [0.15, 0.2) is 23.8 Å². The second kappa shape index (κ2) is 18.1. The predicted molar refractivity (Wildman–Crippen MR) is 198 cm³/mol. The number of hydrogen-bond donors (Lipinski definition) is 0. The van der Waals surface area contributed by atoms with Crippen molar-refractivity contribution in [1.82, 2.24) is 0 Å². The highest BCUT2D eigenvalue weighted by Gasteiger charge is 2.58. The zero-order chi connectivity index (χ0) is 33.2. The van der Waals surface area contributed by atoms with Crippen LogP contribution in [0, 0.1) is 52.3 Å². The summed E-state index contributed by atoms with van der Waals surface area (Å²) in [6, 6.07) is 0. The standard InChI is InChI=1S/C44H76O2/c1-8-9-10-11-12-13-14-15-16-17-18-19-20-21-42(45)46-37-28-30-43(6)36(32-37)24-25-38-40-27-26-39(44(40,7)31-29-41(38)43)35(5)23-22-34(4)33(2)3/h22-23,25,33-37,39-41H,8-21,24,26-32H2,1-7H3/t34-,35+,36?,37-,39+,40-,41-,43-,44+/m0/s1. The first-order valence-corrected chi connectivity index (χ1v) is 20.7. The van der Waals surface area contributed by atoms with Crippen LogP contribution in [0.1, 0.15) is 190 Å². The molecule has 3 saturated carbocycles. The van der Waals surface area contributed by atoms with Gasteiger partial charge in [-0.05, 0) is 110 Å². The molecule has 0 saturated heterocycles. The molecule has 9 atom stereocenters. The second-order valence-corrected chi connectivity index (χ2v) is 17.7. The molecule has 4 aliphatic rings. The first-order chi connectivity index (χ1) is 22.1. The van der Waals surface area contributed by atoms with Crippen LogP contribution >= 0.6 is 0 Å². The molecule has 0 amide bonds. The molecule has 264 valence electrons. The Labute approximate surface area is 286 Å². The molecular formula is C44H76O2. The van der Waals surface area contributed by atoms with Gasteiger partial charge in [0.05, 0.1) is 0 Å². The number of hydrogen-bond acceptors (Lipinski definition) is 2. The lowest BCUT2D eigenvalue weighted by atomic mass is 9.47. The van der Waals surface area contributed by atoms with Crippen molar-refractivity contribution in [2.24, 2.45) is 52.3 Å². The van der Waals surface area contributed by atoms with Gasteiger partial charge in [-0.15, -0.1) is 0 Å². The van der Waals surface area contributed by atoms with Gasteiger partial charge in [0.15, 0.2) is 0 Å². The number of rotatable bonds is 19. The third kappa shape index (κ3) is 9.55. The van der Waals surface area contributed by atoms with E-state index in [0.717, 1.165) is 42.9 Å². The Morgan fingerprint density at radius 1 is 0.783 bits per heavy atom. The van der Waals surface area contributed by atoms with Crippen molar-refractivity contribution < 1.29 is 9.53 Å². The SMILES string of the molecule is CCCCCCCCCCCCCCCC(=O)O[C@H]1CC[C@@]2(C)C(CC=C3[C@@H]4CC[C@H]([C@H](C)C=C[C@H](C)C(C)C)[C@@]4(C)CC[C@@H]32)C1. The zero-order valence-electron chi connectivity index (χ0n) is 31.7. The van der Waals surface area contributed by atoms with Crippen LogP contribution in [-0.2, 0) is 9.53 Å². The maximum Gasteiger partial charge on any atom is 0.306 e. The molecular weight excluding hydrogens is 560 g/mol. The Kier molecular flexibility index (Phi) is 14.8. The van der Waals surface area contributed by atoms with Gasteiger partial charge in [0, 0.05) is 6.42 Å². The number of ether oxygens (including phenoxy) is 1. The van der Waals surface area contributed by atoms with E-state index in [0.29, 0.717) is 35.0 Å². The number of carbonyl (C=O) groups excluding carboxylic acids is 1. The number of carbonyl (C=O) groups is 1. The van der Waals surface area contributed by atoms with E-state index in [1.54, 1.807) is 0 Å². The molecule has 0 aromatic rings. The van der Waals surface area contributed by atoms with Gasteiger partial charge in [0.1, 0.15) is 6.10 Å². The lowest BCUT2D eigenvalue weighted by Gasteiger charge is -2.58. The Hall–Kier alpha value is -1.05. The molecule has 2 heteroatoms. The number of esters is 1. The highest BCUT2D eigenvalue weighted by Crippen LogP contribution is 2.67. The normalized spacial score (nSPS) is 33.7. The van der Waals surface area contributed by atoms with E-state index in [1.807, 2.05) is 5.57 Å². The fourth-order valence-corrected chi connectivity index (χ4v) is 10.7. The number of allylic oxidation sites excluding steroid dienone is 4. The van der Waals surface area contributed by atoms with Crippen molar-refractivity contribution in [2.45, 2.75) is 196 Å². The fraction of sp³-hybridized carbons (Fsp3) is 0.886. The molecule has 0 aliphatic heterocycles. The summed E-state index contributed by atoms with van der Waals surface area (Å²) in [6.07, 6.45) is 36.1. The molecule has 4 aliphatic carbocycles. The Balaban J connectivity index is 1.16. The van der Waals surface area contributed by atoms with Gasteiger partial charge >= 0.3 is 5.97 Å². The zero-order valence-corrected chi connectivity index (χ0v) is 31.7. The molecule has 4 rings (SSSR count). The molecule has 3 fully saturated rings. The van der Waals surface area contributed by atoms with Crippen molar-refractivity contribution in [1.29, 1.82) is 0 Å². The Morgan fingerprint density at radius 3 is 2.00 bits per heavy atom. The minimum absolute atomic E-state index is 0.0695. The van der Waals surface area contributed by atoms with Crippen LogP contribution in [-0.4, -0.2) is 12.1 Å². The fourth-order valence-electron chi connectivity index (χ4n) is 10.7. The highest BCUT2D eigenvalue weighted by atomic mass is 16.5. The van der Waals surface area contributed by atoms with Crippen molar-refractivity contribution in [3.63, 3.8) is 0 Å². The molecule has 0 bridgehead atoms. The van der Waals surface area contributed by atoms with Crippen molar-refractivity contribution in [3.8, 4) is 0 Å². The van der Waals surface area contributed by atoms with Gasteiger partial charge in [-0.3, -0.25) is 4.79 Å². The Bertz CT molecular complexity index is 976. The molecule has 2 nitrogen and oxygen atoms in total. The summed E-state index contributed by atoms with van der Waals surface area (Å²) in [4.78, 5) is 12.8. The van der Waals surface area contributed by atoms with E-state index in [9.17, 15) is 4.79 Å². The first-order valence-electron chi connectivity index (χ1n) is 20.7. The summed E-state index contributed by atoms with van der Waals surface area (Å²) in [5.74, 6) is 5.13. The third-order valence-electron chi connectivity index (χ3n) is 14.3. The van der Waals surface area contributed by atoms with Crippen molar-refractivity contribution in [3.05, 3.63) is 23.8 Å². The van der Waals surface area contributed by atoms with Gasteiger partial charge in [-0.2, -0.15) is 0 Å². The van der Waals surface area contributed by atoms with Crippen LogP contribution in [0.2, 0.25) is 0 Å². The average molecular weight is 637 g/mol. The van der Waals surface area contributed by atoms with Gasteiger partial charge in [0.25, 0.3) is 0 Å². The van der Waals surface area contributed by atoms with Crippen LogP contribution in [0.4, 0.5) is 0 Å². The lowest BCUT2D eigenvalue weighted by molar-refractivity contribution is -0.155. The summed E-state index contributed by atoms with van der Waals surface area (Å²) >= 11 is 0. The molecule has 0 aromatic carbocycles. The second-order valence-electron chi connectivity index (χ2n) is 17.7. The number of unbranched alkanes of at least 4 members (excludes halogenated alkanes) is 12. The third-order valence-corrected chi connectivity index (χ3v) is 14.3. The lowest BCUT2D eigenvalue weighted by Crippen LogP contribution is -2.50. The molecule has 0 radical (unpaired) electrons. The minimum Gasteiger partial charge on any atom is -0.462 e. The van der Waals surface area contributed by atoms with Gasteiger partial charge in [-0.1, -0.05) is 149 Å². The molecule has 1 unspecified atom stereocenters. The predicted octanol–water partition coefficient (Wildman–Crippen LogP) is 13.4. The van der Waals surface area contributed by atoms with Crippen molar-refractivity contribution >= 4 is 5.97 Å². The monoisotopic (exact) mass is 637 g/mol. The summed E-state index contributed by atoms with van der Waals surface area (Å²) in [7, 11) is 0. The first kappa shape index (κ1) is 37.8. The van der Waals surface area contributed by atoms with E-state index in [-0.39, 0.29) is 12.1 Å². The van der Waals surface area contributed by atoms with Crippen LogP contribution in [0.25, 0.3) is 0 Å². The van der Waals surface area contributed by atoms with E-state index in [1.165, 1.54) is 116 Å². The van der Waals surface area contributed by atoms with E-state index < -0.39 is 0 Å². The maximum absolute atomic E-state index is 12.8. The topological polar surface area (TPSA) is 26.3 Å². The molecule has 46 heavy (non-hydrogen) atoms. The van der Waals surface area contributed by atoms with Crippen LogP contribution in [0.5, 0.6) is 0 Å². The van der Waals surface area contributed by atoms with Gasteiger partial charge in [0.2, 0.25) is 0 Å². The van der Waals surface area contributed by atoms with E-state index >= 15 is 0 Å². The minimum atomic E-state index is 0.0695. The van der Waals surface area contributed by atoms with Crippen molar-refractivity contribution in [2.75, 3.05) is 0 Å². The average Bonchev–Trinajstić information content (AvgIpc) is 3.39. The van der Waals surface area contributed by atoms with Crippen LogP contribution in [0.3, 0.4) is 0 Å². The van der Waals surface area contributed by atoms with E-state index in [4.69, 9.17) is 4.74 Å². The molecule has 0 heterocycles. The smallest absolute Gasteiger partial charge is 0.306 e. The van der Waals surface area contributed by atoms with Gasteiger partial charge < -0.3 is 4.74 Å². The molecule has 0 N–H and O–H groups in total. The maximum atomic E-state index is 12.8. The van der Waals surface area contributed by atoms with E-state index in [2.05, 4.69) is 66.7 Å². The highest BCUT2D eigenvalue weighted by molar-refractivity contribution is 5.69. The summed E-state index contributed by atoms with van der Waals surface area (Å²) in [5.41, 5.74) is 2.69. The quantitative estimate of drug-likeness (QED) is 0.0801. The number of fused-ring (bicyclic) bond motifs is 5. The molecule has 0 spiro atoms. The summed E-state index contributed by atoms with van der Waals surface area (Å²) < 4.78 is 6.14. The van der Waals surface area contributed by atoms with Gasteiger partial charge in [-0.25, -0.2) is 0 Å². The van der Waals surface area contributed by atoms with Crippen LogP contribution < -0.4 is 0 Å². The molecule has 0 aromatic heterocycles. The Morgan fingerprint density at radius 2 is 1.37 bits per heavy atom. The summed E-state index contributed by atoms with van der Waals surface area (Å²) in [5, 5.41) is 0.